The number of rotatable bonds is 3. The van der Waals surface area contributed by atoms with Crippen LogP contribution in [0.1, 0.15) is 16.1 Å². The van der Waals surface area contributed by atoms with Gasteiger partial charge in [-0.05, 0) is 45.8 Å². The van der Waals surface area contributed by atoms with Gasteiger partial charge in [0, 0.05) is 21.8 Å². The molecule has 0 fully saturated rings. The summed E-state index contributed by atoms with van der Waals surface area (Å²) in [7, 11) is 0. The number of nitrogens with one attached hydrogen (secondary N) is 3. The molecule has 2 amide bonds. The molecule has 0 atom stereocenters. The molecule has 0 bridgehead atoms. The van der Waals surface area contributed by atoms with Crippen LogP contribution in [0.5, 0.6) is 0 Å². The zero-order chi connectivity index (χ0) is 15.2. The maximum atomic E-state index is 11.7. The van der Waals surface area contributed by atoms with E-state index in [1.807, 2.05) is 6.07 Å². The quantitative estimate of drug-likeness (QED) is 0.576. The minimum atomic E-state index is -0.450. The molecule has 1 heterocycles. The van der Waals surface area contributed by atoms with Gasteiger partial charge in [-0.2, -0.15) is 0 Å². The lowest BCUT2D eigenvalue weighted by Crippen LogP contribution is -2.40. The molecule has 1 aromatic heterocycles. The maximum Gasteiger partial charge on any atom is 0.286 e. The summed E-state index contributed by atoms with van der Waals surface area (Å²) in [5.74, 6) is -0.890. The Bertz CT molecular complexity index is 697. The number of carbonyl (C=O) groups excluding carboxylic acids is 2. The highest BCUT2D eigenvalue weighted by molar-refractivity contribution is 9.10. The number of carbonyl (C=O) groups is 2. The second-order valence-electron chi connectivity index (χ2n) is 4.06. The lowest BCUT2D eigenvalue weighted by Gasteiger charge is -2.03. The van der Waals surface area contributed by atoms with Crippen LogP contribution in [0.3, 0.4) is 0 Å². The van der Waals surface area contributed by atoms with Gasteiger partial charge in [0.2, 0.25) is 0 Å². The number of amides is 2. The van der Waals surface area contributed by atoms with Gasteiger partial charge in [-0.25, -0.2) is 0 Å². The fourth-order valence-electron chi connectivity index (χ4n) is 1.51. The molecule has 0 aliphatic rings. The molecule has 3 N–H and O–H groups in total. The van der Waals surface area contributed by atoms with Gasteiger partial charge in [-0.3, -0.25) is 20.4 Å². The molecular formula is C14H11BrClN3O2. The summed E-state index contributed by atoms with van der Waals surface area (Å²) in [5, 5.41) is 0.586. The second kappa shape index (κ2) is 7.10. The Morgan fingerprint density at radius 1 is 1.24 bits per heavy atom. The van der Waals surface area contributed by atoms with Gasteiger partial charge in [-0.1, -0.05) is 23.7 Å². The number of hydrogen-bond donors (Lipinski definition) is 3. The summed E-state index contributed by atoms with van der Waals surface area (Å²) in [6, 6.07) is 8.66. The minimum absolute atomic E-state index is 0.334. The normalized spacial score (nSPS) is 10.6. The van der Waals surface area contributed by atoms with E-state index in [9.17, 15) is 9.59 Å². The molecule has 0 unspecified atom stereocenters. The number of H-pyrrole nitrogens is 1. The Balaban J connectivity index is 1.86. The zero-order valence-corrected chi connectivity index (χ0v) is 13.0. The van der Waals surface area contributed by atoms with E-state index in [4.69, 9.17) is 11.6 Å². The first-order chi connectivity index (χ1) is 10.0. The maximum absolute atomic E-state index is 11.7. The predicted octanol–water partition coefficient (Wildman–Crippen LogP) is 2.91. The number of halogens is 2. The van der Waals surface area contributed by atoms with Crippen LogP contribution in [-0.2, 0) is 4.79 Å². The molecule has 108 valence electrons. The topological polar surface area (TPSA) is 74.0 Å². The second-order valence-corrected chi connectivity index (χ2v) is 5.42. The first-order valence-electron chi connectivity index (χ1n) is 5.92. The van der Waals surface area contributed by atoms with Crippen molar-refractivity contribution in [3.63, 3.8) is 0 Å². The van der Waals surface area contributed by atoms with E-state index >= 15 is 0 Å². The highest BCUT2D eigenvalue weighted by Gasteiger charge is 2.07. The molecule has 0 spiro atoms. The fraction of sp³-hybridized carbons (Fsp3) is 0. The third-order valence-electron chi connectivity index (χ3n) is 2.47. The van der Waals surface area contributed by atoms with Crippen molar-refractivity contribution < 1.29 is 9.59 Å². The summed E-state index contributed by atoms with van der Waals surface area (Å²) in [5.41, 5.74) is 5.70. The lowest BCUT2D eigenvalue weighted by molar-refractivity contribution is -0.117. The van der Waals surface area contributed by atoms with Crippen LogP contribution in [0.15, 0.2) is 47.1 Å². The van der Waals surface area contributed by atoms with Crippen molar-refractivity contribution in [3.8, 4) is 0 Å². The molecule has 0 saturated heterocycles. The van der Waals surface area contributed by atoms with Gasteiger partial charge in [0.05, 0.1) is 0 Å². The van der Waals surface area contributed by atoms with E-state index < -0.39 is 11.8 Å². The average Bonchev–Trinajstić information content (AvgIpc) is 2.89. The molecule has 5 nitrogen and oxygen atoms in total. The van der Waals surface area contributed by atoms with Crippen molar-refractivity contribution >= 4 is 45.4 Å². The molecule has 2 aromatic rings. The van der Waals surface area contributed by atoms with E-state index in [0.717, 1.165) is 10.0 Å². The third kappa shape index (κ3) is 4.77. The van der Waals surface area contributed by atoms with Crippen molar-refractivity contribution in [2.75, 3.05) is 0 Å². The molecule has 21 heavy (non-hydrogen) atoms. The summed E-state index contributed by atoms with van der Waals surface area (Å²) < 4.78 is 0.750. The first-order valence-corrected chi connectivity index (χ1v) is 7.09. The van der Waals surface area contributed by atoms with E-state index in [1.165, 1.54) is 6.08 Å². The SMILES string of the molecule is O=C(/C=C/c1cccc(Cl)c1)NNC(=O)c1cc(Br)c[nH]1. The molecule has 2 rings (SSSR count). The van der Waals surface area contributed by atoms with Crippen molar-refractivity contribution in [3.05, 3.63) is 63.4 Å². The monoisotopic (exact) mass is 367 g/mol. The van der Waals surface area contributed by atoms with E-state index in [-0.39, 0.29) is 0 Å². The Morgan fingerprint density at radius 2 is 2.05 bits per heavy atom. The molecule has 0 saturated carbocycles. The highest BCUT2D eigenvalue weighted by Crippen LogP contribution is 2.11. The highest BCUT2D eigenvalue weighted by atomic mass is 79.9. The molecule has 0 aliphatic heterocycles. The standard InChI is InChI=1S/C14H11BrClN3O2/c15-10-7-12(17-8-10)14(21)19-18-13(20)5-4-9-2-1-3-11(16)6-9/h1-8,17H,(H,18,20)(H,19,21)/b5-4+. The zero-order valence-electron chi connectivity index (χ0n) is 10.7. The van der Waals surface area contributed by atoms with Crippen LogP contribution in [0.25, 0.3) is 6.08 Å². The number of hydrazine groups is 1. The molecule has 1 aromatic carbocycles. The van der Waals surface area contributed by atoms with Crippen molar-refractivity contribution in [2.45, 2.75) is 0 Å². The Hall–Kier alpha value is -2.05. The summed E-state index contributed by atoms with van der Waals surface area (Å²) >= 11 is 9.05. The number of hydrogen-bond acceptors (Lipinski definition) is 2. The van der Waals surface area contributed by atoms with Gasteiger partial charge < -0.3 is 4.98 Å². The van der Waals surface area contributed by atoms with Crippen LogP contribution >= 0.6 is 27.5 Å². The number of aromatic nitrogens is 1. The van der Waals surface area contributed by atoms with E-state index in [1.54, 1.807) is 36.5 Å². The lowest BCUT2D eigenvalue weighted by atomic mass is 10.2. The van der Waals surface area contributed by atoms with Gasteiger partial charge in [0.15, 0.2) is 0 Å². The van der Waals surface area contributed by atoms with Gasteiger partial charge >= 0.3 is 0 Å². The summed E-state index contributed by atoms with van der Waals surface area (Å²) in [6.45, 7) is 0. The molecule has 0 aliphatic carbocycles. The van der Waals surface area contributed by atoms with Crippen LogP contribution in [0.4, 0.5) is 0 Å². The molecule has 0 radical (unpaired) electrons. The third-order valence-corrected chi connectivity index (χ3v) is 3.16. The van der Waals surface area contributed by atoms with Crippen LogP contribution in [-0.4, -0.2) is 16.8 Å². The van der Waals surface area contributed by atoms with E-state index in [0.29, 0.717) is 10.7 Å². The van der Waals surface area contributed by atoms with Gasteiger partial charge in [0.25, 0.3) is 11.8 Å². The first kappa shape index (κ1) is 15.3. The molecular weight excluding hydrogens is 358 g/mol. The van der Waals surface area contributed by atoms with Crippen molar-refractivity contribution in [2.24, 2.45) is 0 Å². The van der Waals surface area contributed by atoms with Crippen molar-refractivity contribution in [1.82, 2.24) is 15.8 Å². The van der Waals surface area contributed by atoms with E-state index in [2.05, 4.69) is 31.8 Å². The average molecular weight is 369 g/mol. The van der Waals surface area contributed by atoms with Crippen LogP contribution in [0, 0.1) is 0 Å². The number of benzene rings is 1. The van der Waals surface area contributed by atoms with Crippen LogP contribution < -0.4 is 10.9 Å². The Kier molecular flexibility index (Phi) is 5.19. The van der Waals surface area contributed by atoms with Gasteiger partial charge in [0.1, 0.15) is 5.69 Å². The smallest absolute Gasteiger partial charge is 0.286 e. The Labute approximate surface area is 134 Å². The van der Waals surface area contributed by atoms with Crippen LogP contribution in [0.2, 0.25) is 5.02 Å². The largest absolute Gasteiger partial charge is 0.356 e. The summed E-state index contributed by atoms with van der Waals surface area (Å²) in [6.07, 6.45) is 4.52. The Morgan fingerprint density at radius 3 is 2.71 bits per heavy atom. The summed E-state index contributed by atoms with van der Waals surface area (Å²) in [4.78, 5) is 26.0. The molecule has 7 heteroatoms. The number of aromatic amines is 1. The minimum Gasteiger partial charge on any atom is -0.356 e. The van der Waals surface area contributed by atoms with Gasteiger partial charge in [-0.15, -0.1) is 0 Å². The fourth-order valence-corrected chi connectivity index (χ4v) is 2.05. The predicted molar refractivity (Wildman–Crippen MR) is 84.6 cm³/mol. The van der Waals surface area contributed by atoms with Crippen molar-refractivity contribution in [1.29, 1.82) is 0 Å².